The first kappa shape index (κ1) is 17.9. The number of ether oxygens (including phenoxy) is 1. The second-order valence-corrected chi connectivity index (χ2v) is 4.52. The highest BCUT2D eigenvalue weighted by atomic mass is 35.5. The average Bonchev–Trinajstić information content (AvgIpc) is 2.39. The van der Waals surface area contributed by atoms with Gasteiger partial charge in [0.25, 0.3) is 0 Å². The lowest BCUT2D eigenvalue weighted by molar-refractivity contribution is -0.145. The first-order valence-electron chi connectivity index (χ1n) is 6.70. The summed E-state index contributed by atoms with van der Waals surface area (Å²) in [5.41, 5.74) is 6.88. The zero-order valence-electron chi connectivity index (χ0n) is 11.5. The minimum atomic E-state index is -0.557. The molecule has 0 saturated carbocycles. The average molecular weight is 286 g/mol. The molecule has 0 bridgehead atoms. The van der Waals surface area contributed by atoms with Crippen molar-refractivity contribution in [2.75, 3.05) is 6.61 Å². The number of unbranched alkanes of at least 4 members (excludes halogenated alkanes) is 3. The van der Waals surface area contributed by atoms with Crippen molar-refractivity contribution in [3.8, 4) is 0 Å². The van der Waals surface area contributed by atoms with E-state index in [1.54, 1.807) is 0 Å². The van der Waals surface area contributed by atoms with Crippen LogP contribution in [0.4, 0.5) is 0 Å². The van der Waals surface area contributed by atoms with Crippen LogP contribution in [0.3, 0.4) is 0 Å². The molecule has 0 aliphatic heterocycles. The Labute approximate surface area is 121 Å². The summed E-state index contributed by atoms with van der Waals surface area (Å²) in [4.78, 5) is 11.6. The minimum Gasteiger partial charge on any atom is -0.465 e. The molecule has 0 aromatic heterocycles. The van der Waals surface area contributed by atoms with E-state index >= 15 is 0 Å². The summed E-state index contributed by atoms with van der Waals surface area (Å²) in [7, 11) is 0. The summed E-state index contributed by atoms with van der Waals surface area (Å²) in [5, 5.41) is 0. The third kappa shape index (κ3) is 7.85. The van der Waals surface area contributed by atoms with Crippen LogP contribution in [0.2, 0.25) is 0 Å². The van der Waals surface area contributed by atoms with E-state index in [2.05, 4.69) is 6.92 Å². The number of nitrogens with two attached hydrogens (primary N) is 1. The van der Waals surface area contributed by atoms with Gasteiger partial charge < -0.3 is 10.5 Å². The Bertz CT molecular complexity index is 343. The molecule has 1 aromatic carbocycles. The predicted octanol–water partition coefficient (Wildman–Crippen LogP) is 3.10. The Balaban J connectivity index is 0.00000324. The molecule has 0 heterocycles. The third-order valence-electron chi connectivity index (χ3n) is 2.84. The van der Waals surface area contributed by atoms with E-state index in [-0.39, 0.29) is 18.4 Å². The van der Waals surface area contributed by atoms with Crippen molar-refractivity contribution in [3.05, 3.63) is 35.9 Å². The Morgan fingerprint density at radius 2 is 1.89 bits per heavy atom. The molecule has 4 heteroatoms. The number of esters is 1. The summed E-state index contributed by atoms with van der Waals surface area (Å²) in [6.45, 7) is 2.64. The number of carbonyl (C=O) groups is 1. The van der Waals surface area contributed by atoms with Crippen LogP contribution in [0.25, 0.3) is 0 Å². The van der Waals surface area contributed by atoms with Gasteiger partial charge >= 0.3 is 5.97 Å². The molecule has 19 heavy (non-hydrogen) atoms. The second kappa shape index (κ2) is 10.8. The van der Waals surface area contributed by atoms with Crippen molar-refractivity contribution in [2.45, 2.75) is 45.1 Å². The molecule has 0 aliphatic rings. The third-order valence-corrected chi connectivity index (χ3v) is 2.84. The van der Waals surface area contributed by atoms with Crippen LogP contribution in [0.15, 0.2) is 30.3 Å². The maximum absolute atomic E-state index is 11.6. The highest BCUT2D eigenvalue weighted by Crippen LogP contribution is 2.04. The molecule has 1 rings (SSSR count). The van der Waals surface area contributed by atoms with E-state index in [0.29, 0.717) is 13.0 Å². The van der Waals surface area contributed by atoms with Gasteiger partial charge in [-0.2, -0.15) is 0 Å². The first-order chi connectivity index (χ1) is 8.74. The van der Waals surface area contributed by atoms with Gasteiger partial charge in [-0.3, -0.25) is 4.79 Å². The normalized spacial score (nSPS) is 11.5. The van der Waals surface area contributed by atoms with Gasteiger partial charge in [0.2, 0.25) is 0 Å². The van der Waals surface area contributed by atoms with Crippen molar-refractivity contribution >= 4 is 18.4 Å². The van der Waals surface area contributed by atoms with Crippen molar-refractivity contribution in [3.63, 3.8) is 0 Å². The van der Waals surface area contributed by atoms with Crippen molar-refractivity contribution < 1.29 is 9.53 Å². The van der Waals surface area contributed by atoms with E-state index in [1.807, 2.05) is 30.3 Å². The molecule has 0 saturated heterocycles. The van der Waals surface area contributed by atoms with Crippen LogP contribution in [-0.2, 0) is 16.0 Å². The fraction of sp³-hybridized carbons (Fsp3) is 0.533. The van der Waals surface area contributed by atoms with Gasteiger partial charge in [-0.15, -0.1) is 12.4 Å². The molecule has 0 radical (unpaired) electrons. The second-order valence-electron chi connectivity index (χ2n) is 4.52. The topological polar surface area (TPSA) is 52.3 Å². The summed E-state index contributed by atoms with van der Waals surface area (Å²) >= 11 is 0. The van der Waals surface area contributed by atoms with Gasteiger partial charge in [-0.25, -0.2) is 0 Å². The molecule has 108 valence electrons. The fourth-order valence-electron chi connectivity index (χ4n) is 1.76. The molecule has 0 aliphatic carbocycles. The van der Waals surface area contributed by atoms with Crippen LogP contribution >= 0.6 is 12.4 Å². The first-order valence-corrected chi connectivity index (χ1v) is 6.70. The molecule has 3 nitrogen and oxygen atoms in total. The summed E-state index contributed by atoms with van der Waals surface area (Å²) < 4.78 is 5.16. The molecule has 2 N–H and O–H groups in total. The maximum atomic E-state index is 11.6. The van der Waals surface area contributed by atoms with Crippen molar-refractivity contribution in [2.24, 2.45) is 5.73 Å². The van der Waals surface area contributed by atoms with Gasteiger partial charge in [-0.05, 0) is 18.4 Å². The molecule has 1 aromatic rings. The molecule has 0 fully saturated rings. The lowest BCUT2D eigenvalue weighted by atomic mass is 10.1. The van der Waals surface area contributed by atoms with Crippen LogP contribution < -0.4 is 5.73 Å². The number of benzene rings is 1. The Kier molecular flexibility index (Phi) is 10.2. The van der Waals surface area contributed by atoms with Gasteiger partial charge in [0.1, 0.15) is 6.04 Å². The molecule has 0 amide bonds. The summed E-state index contributed by atoms with van der Waals surface area (Å²) in [5.74, 6) is -0.296. The SMILES string of the molecule is CCCCCCOC(=O)C(N)Cc1ccccc1.Cl. The number of rotatable bonds is 8. The highest BCUT2D eigenvalue weighted by molar-refractivity contribution is 5.85. The van der Waals surface area contributed by atoms with Gasteiger partial charge in [0, 0.05) is 0 Å². The maximum Gasteiger partial charge on any atom is 0.323 e. The Morgan fingerprint density at radius 3 is 2.53 bits per heavy atom. The largest absolute Gasteiger partial charge is 0.465 e. The molecular weight excluding hydrogens is 262 g/mol. The summed E-state index contributed by atoms with van der Waals surface area (Å²) in [6, 6.07) is 9.21. The molecular formula is C15H24ClNO2. The molecule has 1 atom stereocenters. The van der Waals surface area contributed by atoms with Gasteiger partial charge in [0.05, 0.1) is 6.61 Å². The summed E-state index contributed by atoms with van der Waals surface area (Å²) in [6.07, 6.45) is 4.94. The van der Waals surface area contributed by atoms with Crippen LogP contribution in [-0.4, -0.2) is 18.6 Å². The van der Waals surface area contributed by atoms with E-state index in [0.717, 1.165) is 18.4 Å². The van der Waals surface area contributed by atoms with Crippen LogP contribution in [0.1, 0.15) is 38.2 Å². The zero-order chi connectivity index (χ0) is 13.2. The Hall–Kier alpha value is -1.06. The molecule has 1 unspecified atom stereocenters. The number of hydrogen-bond acceptors (Lipinski definition) is 3. The standard InChI is InChI=1S/C15H23NO2.ClH/c1-2-3-4-8-11-18-15(17)14(16)12-13-9-6-5-7-10-13;/h5-7,9-10,14H,2-4,8,11-12,16H2,1H3;1H. The van der Waals surface area contributed by atoms with Gasteiger partial charge in [0.15, 0.2) is 0 Å². The predicted molar refractivity (Wildman–Crippen MR) is 80.5 cm³/mol. The fourth-order valence-corrected chi connectivity index (χ4v) is 1.76. The van der Waals surface area contributed by atoms with E-state index < -0.39 is 6.04 Å². The highest BCUT2D eigenvalue weighted by Gasteiger charge is 2.15. The smallest absolute Gasteiger partial charge is 0.323 e. The van der Waals surface area contributed by atoms with E-state index in [1.165, 1.54) is 12.8 Å². The Morgan fingerprint density at radius 1 is 1.21 bits per heavy atom. The molecule has 0 spiro atoms. The lowest BCUT2D eigenvalue weighted by Gasteiger charge is -2.11. The van der Waals surface area contributed by atoms with Crippen LogP contribution in [0.5, 0.6) is 0 Å². The van der Waals surface area contributed by atoms with Crippen LogP contribution in [0, 0.1) is 0 Å². The lowest BCUT2D eigenvalue weighted by Crippen LogP contribution is -2.34. The van der Waals surface area contributed by atoms with E-state index in [9.17, 15) is 4.79 Å². The number of halogens is 1. The monoisotopic (exact) mass is 285 g/mol. The van der Waals surface area contributed by atoms with Crippen molar-refractivity contribution in [1.82, 2.24) is 0 Å². The van der Waals surface area contributed by atoms with E-state index in [4.69, 9.17) is 10.5 Å². The minimum absolute atomic E-state index is 0. The number of hydrogen-bond donors (Lipinski definition) is 1. The number of carbonyl (C=O) groups excluding carboxylic acids is 1. The quantitative estimate of drug-likeness (QED) is 0.590. The zero-order valence-corrected chi connectivity index (χ0v) is 12.3. The van der Waals surface area contributed by atoms with Gasteiger partial charge in [-0.1, -0.05) is 56.5 Å². The van der Waals surface area contributed by atoms with Crippen molar-refractivity contribution in [1.29, 1.82) is 0 Å².